The van der Waals surface area contributed by atoms with E-state index in [-0.39, 0.29) is 11.9 Å². The summed E-state index contributed by atoms with van der Waals surface area (Å²) in [5.74, 6) is -1.44. The third kappa shape index (κ3) is 2.60. The van der Waals surface area contributed by atoms with Crippen LogP contribution in [0.4, 0.5) is 0 Å². The van der Waals surface area contributed by atoms with E-state index in [2.05, 4.69) is 9.59 Å². The number of carboxylic acid groups (broad SMARTS) is 1. The van der Waals surface area contributed by atoms with Gasteiger partial charge in [0.1, 0.15) is 4.88 Å². The van der Waals surface area contributed by atoms with Crippen molar-refractivity contribution in [1.29, 1.82) is 0 Å². The number of aliphatic carboxylic acids is 1. The van der Waals surface area contributed by atoms with Gasteiger partial charge in [0, 0.05) is 12.6 Å². The van der Waals surface area contributed by atoms with Gasteiger partial charge in [0.05, 0.1) is 11.6 Å². The Kier molecular flexibility index (Phi) is 4.14. The van der Waals surface area contributed by atoms with Crippen molar-refractivity contribution in [3.63, 3.8) is 0 Å². The van der Waals surface area contributed by atoms with Crippen LogP contribution in [0.1, 0.15) is 42.1 Å². The van der Waals surface area contributed by atoms with Crippen molar-refractivity contribution >= 4 is 23.4 Å². The van der Waals surface area contributed by atoms with Crippen molar-refractivity contribution in [2.24, 2.45) is 5.92 Å². The van der Waals surface area contributed by atoms with Crippen LogP contribution in [-0.2, 0) is 11.2 Å². The monoisotopic (exact) mass is 283 g/mol. The molecule has 0 saturated carbocycles. The maximum absolute atomic E-state index is 12.4. The number of amides is 1. The van der Waals surface area contributed by atoms with Gasteiger partial charge in [0.2, 0.25) is 0 Å². The van der Waals surface area contributed by atoms with Gasteiger partial charge in [-0.15, -0.1) is 5.10 Å². The highest BCUT2D eigenvalue weighted by molar-refractivity contribution is 7.08. The topological polar surface area (TPSA) is 83.4 Å². The summed E-state index contributed by atoms with van der Waals surface area (Å²) < 4.78 is 3.84. The van der Waals surface area contributed by atoms with E-state index in [4.69, 9.17) is 5.11 Å². The molecule has 2 heterocycles. The standard InChI is InChI=1S/C12H17N3O3S/c1-3-4-9-10(19-14-13-9)11(16)15-6-5-8(7(15)2)12(17)18/h7-8H,3-6H2,1-2H3,(H,17,18). The van der Waals surface area contributed by atoms with E-state index in [0.717, 1.165) is 30.1 Å². The quantitative estimate of drug-likeness (QED) is 0.903. The number of carbonyl (C=O) groups is 2. The highest BCUT2D eigenvalue weighted by Crippen LogP contribution is 2.27. The molecular formula is C12H17N3O3S. The SMILES string of the molecule is CCCc1nnsc1C(=O)N1CCC(C(=O)O)C1C. The third-order valence-electron chi connectivity index (χ3n) is 3.57. The van der Waals surface area contributed by atoms with Crippen molar-refractivity contribution in [1.82, 2.24) is 14.5 Å². The summed E-state index contributed by atoms with van der Waals surface area (Å²) in [4.78, 5) is 25.7. The van der Waals surface area contributed by atoms with Gasteiger partial charge in [-0.3, -0.25) is 9.59 Å². The number of aromatic nitrogens is 2. The number of carboxylic acids is 1. The van der Waals surface area contributed by atoms with Crippen LogP contribution in [0.15, 0.2) is 0 Å². The van der Waals surface area contributed by atoms with Gasteiger partial charge in [0.15, 0.2) is 0 Å². The lowest BCUT2D eigenvalue weighted by molar-refractivity contribution is -0.142. The molecule has 1 aliphatic heterocycles. The average Bonchev–Trinajstić information content (AvgIpc) is 2.95. The van der Waals surface area contributed by atoms with Crippen LogP contribution in [-0.4, -0.2) is 44.1 Å². The molecule has 0 aromatic carbocycles. The van der Waals surface area contributed by atoms with E-state index in [1.165, 1.54) is 0 Å². The Labute approximate surface area is 115 Å². The smallest absolute Gasteiger partial charge is 0.308 e. The lowest BCUT2D eigenvalue weighted by Gasteiger charge is -2.22. The molecule has 6 nitrogen and oxygen atoms in total. The molecule has 1 N–H and O–H groups in total. The van der Waals surface area contributed by atoms with Crippen LogP contribution in [0, 0.1) is 5.92 Å². The van der Waals surface area contributed by atoms with E-state index in [1.54, 1.807) is 11.8 Å². The summed E-state index contributed by atoms with van der Waals surface area (Å²) in [5.41, 5.74) is 0.725. The molecule has 0 spiro atoms. The van der Waals surface area contributed by atoms with E-state index < -0.39 is 11.9 Å². The minimum Gasteiger partial charge on any atom is -0.481 e. The third-order valence-corrected chi connectivity index (χ3v) is 4.33. The van der Waals surface area contributed by atoms with Gasteiger partial charge in [0.25, 0.3) is 5.91 Å². The molecule has 0 aliphatic carbocycles. The molecule has 2 rings (SSSR count). The Bertz CT molecular complexity index is 488. The molecule has 19 heavy (non-hydrogen) atoms. The highest BCUT2D eigenvalue weighted by Gasteiger charge is 2.39. The van der Waals surface area contributed by atoms with Gasteiger partial charge >= 0.3 is 5.97 Å². The van der Waals surface area contributed by atoms with Crippen molar-refractivity contribution in [3.05, 3.63) is 10.6 Å². The Morgan fingerprint density at radius 1 is 1.53 bits per heavy atom. The van der Waals surface area contributed by atoms with Crippen LogP contribution in [0.25, 0.3) is 0 Å². The Morgan fingerprint density at radius 2 is 2.26 bits per heavy atom. The number of hydrogen-bond acceptors (Lipinski definition) is 5. The highest BCUT2D eigenvalue weighted by atomic mass is 32.1. The maximum atomic E-state index is 12.4. The maximum Gasteiger partial charge on any atom is 0.308 e. The van der Waals surface area contributed by atoms with E-state index >= 15 is 0 Å². The molecular weight excluding hydrogens is 266 g/mol. The van der Waals surface area contributed by atoms with Crippen LogP contribution in [0.5, 0.6) is 0 Å². The summed E-state index contributed by atoms with van der Waals surface area (Å²) in [6.07, 6.45) is 2.14. The first-order valence-electron chi connectivity index (χ1n) is 6.41. The summed E-state index contributed by atoms with van der Waals surface area (Å²) in [6.45, 7) is 4.30. The number of rotatable bonds is 4. The number of carbonyl (C=O) groups excluding carboxylic acids is 1. The van der Waals surface area contributed by atoms with E-state index in [0.29, 0.717) is 17.8 Å². The second-order valence-corrected chi connectivity index (χ2v) is 5.53. The second-order valence-electron chi connectivity index (χ2n) is 4.77. The second kappa shape index (κ2) is 5.64. The number of nitrogens with zero attached hydrogens (tertiary/aromatic N) is 3. The zero-order valence-corrected chi connectivity index (χ0v) is 11.8. The minimum absolute atomic E-state index is 0.130. The van der Waals surface area contributed by atoms with Crippen LogP contribution in [0.2, 0.25) is 0 Å². The fourth-order valence-corrected chi connectivity index (χ4v) is 3.12. The van der Waals surface area contributed by atoms with Gasteiger partial charge in [-0.1, -0.05) is 17.8 Å². The zero-order valence-electron chi connectivity index (χ0n) is 11.0. The first kappa shape index (κ1) is 13.9. The molecule has 0 radical (unpaired) electrons. The van der Waals surface area contributed by atoms with E-state index in [1.807, 2.05) is 6.92 Å². The number of hydrogen-bond donors (Lipinski definition) is 1. The normalized spacial score (nSPS) is 22.7. The molecule has 1 aromatic heterocycles. The Balaban J connectivity index is 2.16. The minimum atomic E-state index is -0.834. The van der Waals surface area contributed by atoms with Gasteiger partial charge in [-0.05, 0) is 31.3 Å². The largest absolute Gasteiger partial charge is 0.481 e. The predicted octanol–water partition coefficient (Wildman–Crippen LogP) is 1.43. The molecule has 1 aromatic rings. The molecule has 1 fully saturated rings. The first-order valence-corrected chi connectivity index (χ1v) is 7.18. The Morgan fingerprint density at radius 3 is 2.84 bits per heavy atom. The Hall–Kier alpha value is -1.50. The first-order chi connectivity index (χ1) is 9.06. The van der Waals surface area contributed by atoms with E-state index in [9.17, 15) is 9.59 Å². The summed E-state index contributed by atoms with van der Waals surface area (Å²) in [5, 5.41) is 13.1. The molecule has 2 unspecified atom stereocenters. The molecule has 1 amide bonds. The molecule has 7 heteroatoms. The summed E-state index contributed by atoms with van der Waals surface area (Å²) in [6, 6.07) is -0.276. The van der Waals surface area contributed by atoms with Gasteiger partial charge < -0.3 is 10.0 Å². The van der Waals surface area contributed by atoms with Crippen molar-refractivity contribution in [3.8, 4) is 0 Å². The van der Waals surface area contributed by atoms with Crippen molar-refractivity contribution in [2.45, 2.75) is 39.2 Å². The fraction of sp³-hybridized carbons (Fsp3) is 0.667. The molecule has 2 atom stereocenters. The fourth-order valence-electron chi connectivity index (χ4n) is 2.46. The van der Waals surface area contributed by atoms with Gasteiger partial charge in [-0.25, -0.2) is 0 Å². The molecule has 104 valence electrons. The molecule has 0 bridgehead atoms. The molecule has 1 aliphatic rings. The number of likely N-dealkylation sites (tertiary alicyclic amines) is 1. The van der Waals surface area contributed by atoms with Gasteiger partial charge in [-0.2, -0.15) is 0 Å². The lowest BCUT2D eigenvalue weighted by atomic mass is 10.0. The van der Waals surface area contributed by atoms with Crippen LogP contribution in [0.3, 0.4) is 0 Å². The average molecular weight is 283 g/mol. The number of aryl methyl sites for hydroxylation is 1. The summed E-state index contributed by atoms with van der Waals surface area (Å²) in [7, 11) is 0. The van der Waals surface area contributed by atoms with Crippen molar-refractivity contribution in [2.75, 3.05) is 6.54 Å². The summed E-state index contributed by atoms with van der Waals surface area (Å²) >= 11 is 1.10. The predicted molar refractivity (Wildman–Crippen MR) is 70.1 cm³/mol. The lowest BCUT2D eigenvalue weighted by Crippen LogP contribution is -2.37. The zero-order chi connectivity index (χ0) is 14.0. The van der Waals surface area contributed by atoms with Crippen LogP contribution < -0.4 is 0 Å². The van der Waals surface area contributed by atoms with Crippen LogP contribution >= 0.6 is 11.5 Å². The van der Waals surface area contributed by atoms with Crippen molar-refractivity contribution < 1.29 is 14.7 Å². The molecule has 1 saturated heterocycles.